The fourth-order valence-electron chi connectivity index (χ4n) is 2.12. The van der Waals surface area contributed by atoms with Gasteiger partial charge in [-0.2, -0.15) is 0 Å². The molecule has 0 fully saturated rings. The van der Waals surface area contributed by atoms with E-state index >= 15 is 0 Å². The van der Waals surface area contributed by atoms with Gasteiger partial charge in [-0.25, -0.2) is 0 Å². The third-order valence-electron chi connectivity index (χ3n) is 2.87. The molecule has 106 valence electrons. The van der Waals surface area contributed by atoms with Gasteiger partial charge in [0.05, 0.1) is 12.1 Å². The molecule has 0 spiro atoms. The Bertz CT molecular complexity index is 588. The SMILES string of the molecule is Cc1cc(CC(=O)Nc2cccc(CC(C)C)c2)no1. The summed E-state index contributed by atoms with van der Waals surface area (Å²) < 4.78 is 4.95. The molecule has 2 aromatic rings. The van der Waals surface area contributed by atoms with Crippen molar-refractivity contribution in [1.82, 2.24) is 5.16 Å². The zero-order chi connectivity index (χ0) is 14.5. The molecule has 4 nitrogen and oxygen atoms in total. The fourth-order valence-corrected chi connectivity index (χ4v) is 2.12. The summed E-state index contributed by atoms with van der Waals surface area (Å²) >= 11 is 0. The van der Waals surface area contributed by atoms with E-state index in [4.69, 9.17) is 4.52 Å². The molecule has 0 aliphatic carbocycles. The maximum atomic E-state index is 11.9. The van der Waals surface area contributed by atoms with Gasteiger partial charge in [0.25, 0.3) is 0 Å². The second kappa shape index (κ2) is 6.37. The number of aryl methyl sites for hydroxylation is 1. The van der Waals surface area contributed by atoms with Gasteiger partial charge in [0, 0.05) is 11.8 Å². The summed E-state index contributed by atoms with van der Waals surface area (Å²) in [5, 5.41) is 6.71. The minimum Gasteiger partial charge on any atom is -0.361 e. The molecule has 0 aliphatic rings. The Morgan fingerprint density at radius 2 is 2.15 bits per heavy atom. The van der Waals surface area contributed by atoms with Gasteiger partial charge in [-0.15, -0.1) is 0 Å². The van der Waals surface area contributed by atoms with Crippen molar-refractivity contribution in [3.8, 4) is 0 Å². The van der Waals surface area contributed by atoms with Gasteiger partial charge in [0.1, 0.15) is 5.76 Å². The van der Waals surface area contributed by atoms with Crippen molar-refractivity contribution in [2.24, 2.45) is 5.92 Å². The quantitative estimate of drug-likeness (QED) is 0.908. The number of carbonyl (C=O) groups is 1. The molecule has 1 N–H and O–H groups in total. The summed E-state index contributed by atoms with van der Waals surface area (Å²) in [6.45, 7) is 6.17. The Labute approximate surface area is 119 Å². The van der Waals surface area contributed by atoms with Crippen molar-refractivity contribution in [1.29, 1.82) is 0 Å². The van der Waals surface area contributed by atoms with Crippen LogP contribution in [0.2, 0.25) is 0 Å². The molecule has 0 atom stereocenters. The summed E-state index contributed by atoms with van der Waals surface area (Å²) in [4.78, 5) is 11.9. The Morgan fingerprint density at radius 1 is 1.35 bits per heavy atom. The van der Waals surface area contributed by atoms with Crippen LogP contribution >= 0.6 is 0 Å². The standard InChI is InChI=1S/C16H20N2O2/c1-11(2)7-13-5-4-6-14(9-13)17-16(19)10-15-8-12(3)20-18-15/h4-6,8-9,11H,7,10H2,1-3H3,(H,17,19). The first-order valence-electron chi connectivity index (χ1n) is 6.84. The van der Waals surface area contributed by atoms with Gasteiger partial charge in [-0.1, -0.05) is 31.1 Å². The molecule has 0 unspecified atom stereocenters. The Balaban J connectivity index is 1.97. The predicted octanol–water partition coefficient (Wildman–Crippen LogP) is 3.36. The van der Waals surface area contributed by atoms with Crippen LogP contribution in [-0.4, -0.2) is 11.1 Å². The second-order valence-corrected chi connectivity index (χ2v) is 5.45. The number of rotatable bonds is 5. The van der Waals surface area contributed by atoms with Crippen LogP contribution in [0, 0.1) is 12.8 Å². The molecule has 20 heavy (non-hydrogen) atoms. The Kier molecular flexibility index (Phi) is 4.56. The van der Waals surface area contributed by atoms with Gasteiger partial charge in [-0.3, -0.25) is 4.79 Å². The number of hydrogen-bond donors (Lipinski definition) is 1. The van der Waals surface area contributed by atoms with E-state index in [1.807, 2.05) is 25.1 Å². The lowest BCUT2D eigenvalue weighted by Crippen LogP contribution is -2.14. The number of benzene rings is 1. The molecule has 0 saturated carbocycles. The lowest BCUT2D eigenvalue weighted by atomic mass is 10.0. The van der Waals surface area contributed by atoms with Crippen molar-refractivity contribution >= 4 is 11.6 Å². The van der Waals surface area contributed by atoms with Crippen LogP contribution in [0.15, 0.2) is 34.9 Å². The van der Waals surface area contributed by atoms with Crippen molar-refractivity contribution < 1.29 is 9.32 Å². The fraction of sp³-hybridized carbons (Fsp3) is 0.375. The van der Waals surface area contributed by atoms with E-state index in [1.54, 1.807) is 6.07 Å². The molecule has 0 bridgehead atoms. The third-order valence-corrected chi connectivity index (χ3v) is 2.87. The number of carbonyl (C=O) groups excluding carboxylic acids is 1. The van der Waals surface area contributed by atoms with Crippen LogP contribution in [0.4, 0.5) is 5.69 Å². The van der Waals surface area contributed by atoms with Crippen LogP contribution in [0.3, 0.4) is 0 Å². The first kappa shape index (κ1) is 14.3. The largest absolute Gasteiger partial charge is 0.361 e. The monoisotopic (exact) mass is 272 g/mol. The lowest BCUT2D eigenvalue weighted by Gasteiger charge is -2.08. The van der Waals surface area contributed by atoms with Gasteiger partial charge in [0.2, 0.25) is 5.91 Å². The Morgan fingerprint density at radius 3 is 2.80 bits per heavy atom. The normalized spacial score (nSPS) is 10.8. The first-order valence-corrected chi connectivity index (χ1v) is 6.84. The molecule has 1 aromatic heterocycles. The van der Waals surface area contributed by atoms with Crippen molar-refractivity contribution in [2.75, 3.05) is 5.32 Å². The first-order chi connectivity index (χ1) is 9.52. The highest BCUT2D eigenvalue weighted by atomic mass is 16.5. The number of anilines is 1. The number of amides is 1. The highest BCUT2D eigenvalue weighted by Gasteiger charge is 2.08. The zero-order valence-electron chi connectivity index (χ0n) is 12.1. The topological polar surface area (TPSA) is 55.1 Å². The number of nitrogens with one attached hydrogen (secondary N) is 1. The predicted molar refractivity (Wildman–Crippen MR) is 78.6 cm³/mol. The van der Waals surface area contributed by atoms with Crippen LogP contribution in [0.25, 0.3) is 0 Å². The van der Waals surface area contributed by atoms with Crippen molar-refractivity contribution in [2.45, 2.75) is 33.6 Å². The summed E-state index contributed by atoms with van der Waals surface area (Å²) in [7, 11) is 0. The molecule has 1 aromatic carbocycles. The number of hydrogen-bond acceptors (Lipinski definition) is 3. The highest BCUT2D eigenvalue weighted by Crippen LogP contribution is 2.14. The third kappa shape index (κ3) is 4.23. The van der Waals surface area contributed by atoms with Crippen LogP contribution in [-0.2, 0) is 17.6 Å². The minimum absolute atomic E-state index is 0.0833. The number of nitrogens with zero attached hydrogens (tertiary/aromatic N) is 1. The zero-order valence-corrected chi connectivity index (χ0v) is 12.1. The molecule has 0 aliphatic heterocycles. The average molecular weight is 272 g/mol. The van der Waals surface area contributed by atoms with Gasteiger partial charge in [0.15, 0.2) is 0 Å². The highest BCUT2D eigenvalue weighted by molar-refractivity contribution is 5.92. The molecule has 1 heterocycles. The molecule has 1 amide bonds. The Hall–Kier alpha value is -2.10. The second-order valence-electron chi connectivity index (χ2n) is 5.45. The summed E-state index contributed by atoms with van der Waals surface area (Å²) in [5.74, 6) is 1.23. The van der Waals surface area contributed by atoms with Gasteiger partial charge in [-0.05, 0) is 37.0 Å². The van der Waals surface area contributed by atoms with E-state index < -0.39 is 0 Å². The maximum absolute atomic E-state index is 11.9. The smallest absolute Gasteiger partial charge is 0.230 e. The molecule has 2 rings (SSSR count). The summed E-state index contributed by atoms with van der Waals surface area (Å²) in [6, 6.07) is 9.74. The summed E-state index contributed by atoms with van der Waals surface area (Å²) in [6.07, 6.45) is 1.23. The molecule has 4 heteroatoms. The van der Waals surface area contributed by atoms with Crippen molar-refractivity contribution in [3.05, 3.63) is 47.3 Å². The van der Waals surface area contributed by atoms with E-state index in [0.717, 1.165) is 12.1 Å². The molecular formula is C16H20N2O2. The molecule has 0 radical (unpaired) electrons. The van der Waals surface area contributed by atoms with E-state index in [9.17, 15) is 4.79 Å². The lowest BCUT2D eigenvalue weighted by molar-refractivity contribution is -0.115. The number of aromatic nitrogens is 1. The van der Waals surface area contributed by atoms with Crippen LogP contribution in [0.1, 0.15) is 30.9 Å². The average Bonchev–Trinajstić information content (AvgIpc) is 2.74. The van der Waals surface area contributed by atoms with E-state index in [2.05, 4.69) is 30.4 Å². The van der Waals surface area contributed by atoms with E-state index in [1.165, 1.54) is 5.56 Å². The maximum Gasteiger partial charge on any atom is 0.230 e. The van der Waals surface area contributed by atoms with Crippen LogP contribution in [0.5, 0.6) is 0 Å². The van der Waals surface area contributed by atoms with E-state index in [-0.39, 0.29) is 12.3 Å². The van der Waals surface area contributed by atoms with E-state index in [0.29, 0.717) is 17.4 Å². The minimum atomic E-state index is -0.0833. The van der Waals surface area contributed by atoms with Crippen molar-refractivity contribution in [3.63, 3.8) is 0 Å². The van der Waals surface area contributed by atoms with Gasteiger partial charge >= 0.3 is 0 Å². The summed E-state index contributed by atoms with van der Waals surface area (Å²) in [5.41, 5.74) is 2.71. The van der Waals surface area contributed by atoms with Crippen LogP contribution < -0.4 is 5.32 Å². The van der Waals surface area contributed by atoms with Gasteiger partial charge < -0.3 is 9.84 Å². The molecule has 0 saturated heterocycles. The molecular weight excluding hydrogens is 252 g/mol.